The van der Waals surface area contributed by atoms with E-state index >= 15 is 0 Å². The van der Waals surface area contributed by atoms with E-state index in [2.05, 4.69) is 21.3 Å². The smallest absolute Gasteiger partial charge is 0.255 e. The molecule has 1 aromatic heterocycles. The lowest BCUT2D eigenvalue weighted by Gasteiger charge is -2.09. The van der Waals surface area contributed by atoms with E-state index in [1.54, 1.807) is 20.1 Å². The number of aromatic nitrogens is 2. The molecule has 1 heterocycles. The monoisotopic (exact) mass is 319 g/mol. The summed E-state index contributed by atoms with van der Waals surface area (Å²) in [6, 6.07) is 7.42. The van der Waals surface area contributed by atoms with Crippen molar-refractivity contribution in [3.63, 3.8) is 0 Å². The lowest BCUT2D eigenvalue weighted by molar-refractivity contribution is -0.125. The summed E-state index contributed by atoms with van der Waals surface area (Å²) in [7, 11) is 1.60. The van der Waals surface area contributed by atoms with Gasteiger partial charge >= 0.3 is 0 Å². The number of rotatable bonds is 7. The second-order valence-corrected chi connectivity index (χ2v) is 5.16. The Bertz CT molecular complexity index is 657. The third kappa shape index (κ3) is 4.12. The first-order valence-electron chi connectivity index (χ1n) is 6.65. The second kappa shape index (κ2) is 7.67. The first-order valence-corrected chi connectivity index (χ1v) is 7.43. The van der Waals surface area contributed by atoms with Crippen LogP contribution in [0.2, 0.25) is 0 Å². The fourth-order valence-corrected chi connectivity index (χ4v) is 2.24. The van der Waals surface area contributed by atoms with Crippen LogP contribution in [-0.2, 0) is 9.53 Å². The quantitative estimate of drug-likeness (QED) is 0.794. The molecule has 0 saturated heterocycles. The molecular formula is C15H17N3O3S. The highest BCUT2D eigenvalue weighted by Crippen LogP contribution is 2.24. The van der Waals surface area contributed by atoms with Gasteiger partial charge in [-0.2, -0.15) is 9.36 Å². The number of anilines is 1. The summed E-state index contributed by atoms with van der Waals surface area (Å²) >= 11 is 1.12. The number of methoxy groups -OCH3 is 1. The van der Waals surface area contributed by atoms with E-state index in [9.17, 15) is 4.79 Å². The van der Waals surface area contributed by atoms with Crippen molar-refractivity contribution in [2.75, 3.05) is 19.0 Å². The maximum Gasteiger partial charge on any atom is 0.255 e. The van der Waals surface area contributed by atoms with Gasteiger partial charge in [-0.15, -0.1) is 6.58 Å². The van der Waals surface area contributed by atoms with Crippen LogP contribution in [-0.4, -0.2) is 35.1 Å². The molecule has 6 nitrogen and oxygen atoms in total. The van der Waals surface area contributed by atoms with Crippen LogP contribution >= 0.6 is 11.5 Å². The molecule has 1 atom stereocenters. The molecule has 1 aromatic carbocycles. The number of nitrogens with one attached hydrogen (secondary N) is 1. The number of carbonyl (C=O) groups is 1. The van der Waals surface area contributed by atoms with Crippen molar-refractivity contribution in [2.45, 2.75) is 13.0 Å². The summed E-state index contributed by atoms with van der Waals surface area (Å²) in [5, 5.41) is 3.11. The van der Waals surface area contributed by atoms with Gasteiger partial charge in [0.1, 0.15) is 11.9 Å². The van der Waals surface area contributed by atoms with Crippen molar-refractivity contribution in [3.8, 4) is 17.1 Å². The van der Waals surface area contributed by atoms with Gasteiger partial charge in [-0.3, -0.25) is 10.1 Å². The topological polar surface area (TPSA) is 73.3 Å². The summed E-state index contributed by atoms with van der Waals surface area (Å²) < 4.78 is 14.7. The molecule has 1 N–H and O–H groups in total. The second-order valence-electron chi connectivity index (χ2n) is 4.41. The Kier molecular flexibility index (Phi) is 5.62. The Hall–Kier alpha value is -2.25. The molecular weight excluding hydrogens is 302 g/mol. The van der Waals surface area contributed by atoms with E-state index in [4.69, 9.17) is 9.47 Å². The van der Waals surface area contributed by atoms with Crippen molar-refractivity contribution in [1.82, 2.24) is 9.36 Å². The highest BCUT2D eigenvalue weighted by atomic mass is 32.1. The molecule has 7 heteroatoms. The van der Waals surface area contributed by atoms with E-state index in [-0.39, 0.29) is 5.91 Å². The van der Waals surface area contributed by atoms with Crippen LogP contribution in [0.4, 0.5) is 5.13 Å². The molecule has 0 unspecified atom stereocenters. The van der Waals surface area contributed by atoms with Gasteiger partial charge in [-0.05, 0) is 19.1 Å². The third-order valence-electron chi connectivity index (χ3n) is 2.82. The zero-order valence-electron chi connectivity index (χ0n) is 12.4. The molecule has 116 valence electrons. The zero-order valence-corrected chi connectivity index (χ0v) is 13.2. The predicted molar refractivity (Wildman–Crippen MR) is 86.1 cm³/mol. The van der Waals surface area contributed by atoms with Crippen LogP contribution < -0.4 is 10.1 Å². The van der Waals surface area contributed by atoms with Crippen LogP contribution in [0.15, 0.2) is 36.9 Å². The van der Waals surface area contributed by atoms with E-state index in [1.165, 1.54) is 0 Å². The number of nitrogens with zero attached hydrogens (tertiary/aromatic N) is 2. The minimum atomic E-state index is -0.581. The van der Waals surface area contributed by atoms with Gasteiger partial charge in [0.2, 0.25) is 5.13 Å². The number of amides is 1. The highest BCUT2D eigenvalue weighted by Gasteiger charge is 2.15. The molecule has 0 saturated carbocycles. The zero-order chi connectivity index (χ0) is 15.9. The van der Waals surface area contributed by atoms with Gasteiger partial charge in [0.25, 0.3) is 5.91 Å². The lowest BCUT2D eigenvalue weighted by Crippen LogP contribution is -2.27. The maximum atomic E-state index is 11.9. The van der Waals surface area contributed by atoms with E-state index in [1.807, 2.05) is 24.3 Å². The van der Waals surface area contributed by atoms with E-state index < -0.39 is 6.10 Å². The van der Waals surface area contributed by atoms with Crippen molar-refractivity contribution >= 4 is 22.6 Å². The van der Waals surface area contributed by atoms with Crippen molar-refractivity contribution in [2.24, 2.45) is 0 Å². The molecule has 0 aliphatic rings. The first-order chi connectivity index (χ1) is 10.6. The molecule has 0 aliphatic carbocycles. The van der Waals surface area contributed by atoms with Gasteiger partial charge in [0.05, 0.1) is 13.7 Å². The van der Waals surface area contributed by atoms with E-state index in [0.717, 1.165) is 22.8 Å². The summed E-state index contributed by atoms with van der Waals surface area (Å²) in [6.45, 7) is 5.53. The Labute approximate surface area is 133 Å². The normalized spacial score (nSPS) is 11.7. The molecule has 0 fully saturated rings. The van der Waals surface area contributed by atoms with Crippen LogP contribution in [0.25, 0.3) is 11.4 Å². The standard InChI is InChI=1S/C15H17N3O3S/c1-4-8-21-10(2)14(19)17-15-16-13(18-22-15)11-6-5-7-12(9-11)20-3/h4-7,9-10H,1,8H2,2-3H3,(H,16,17,18,19)/t10-/m0/s1. The van der Waals surface area contributed by atoms with Crippen LogP contribution in [0.1, 0.15) is 6.92 Å². The molecule has 2 rings (SSSR count). The molecule has 22 heavy (non-hydrogen) atoms. The Morgan fingerprint density at radius 1 is 1.55 bits per heavy atom. The Morgan fingerprint density at radius 3 is 3.09 bits per heavy atom. The summed E-state index contributed by atoms with van der Waals surface area (Å²) in [5.74, 6) is 0.999. The minimum Gasteiger partial charge on any atom is -0.497 e. The summed E-state index contributed by atoms with van der Waals surface area (Å²) in [6.07, 6.45) is 1.01. The van der Waals surface area contributed by atoms with Crippen molar-refractivity contribution < 1.29 is 14.3 Å². The molecule has 0 aliphatic heterocycles. The van der Waals surface area contributed by atoms with Gasteiger partial charge in [-0.1, -0.05) is 18.2 Å². The molecule has 2 aromatic rings. The van der Waals surface area contributed by atoms with Crippen LogP contribution in [0.3, 0.4) is 0 Å². The fraction of sp³-hybridized carbons (Fsp3) is 0.267. The number of ether oxygens (including phenoxy) is 2. The number of hydrogen-bond acceptors (Lipinski definition) is 6. The molecule has 1 amide bonds. The number of hydrogen-bond donors (Lipinski definition) is 1. The maximum absolute atomic E-state index is 11.9. The van der Waals surface area contributed by atoms with Gasteiger partial charge in [-0.25, -0.2) is 0 Å². The lowest BCUT2D eigenvalue weighted by atomic mass is 10.2. The molecule has 0 bridgehead atoms. The molecule has 0 radical (unpaired) electrons. The fourth-order valence-electron chi connectivity index (χ4n) is 1.65. The number of benzene rings is 1. The van der Waals surface area contributed by atoms with Gasteiger partial charge < -0.3 is 9.47 Å². The SMILES string of the molecule is C=CCO[C@@H](C)C(=O)Nc1nc(-c2cccc(OC)c2)ns1. The molecule has 0 spiro atoms. The van der Waals surface area contributed by atoms with Gasteiger partial charge in [0, 0.05) is 17.1 Å². The third-order valence-corrected chi connectivity index (χ3v) is 3.45. The van der Waals surface area contributed by atoms with Crippen LogP contribution in [0, 0.1) is 0 Å². The average Bonchev–Trinajstić information content (AvgIpc) is 3.01. The van der Waals surface area contributed by atoms with Crippen molar-refractivity contribution in [1.29, 1.82) is 0 Å². The summed E-state index contributed by atoms with van der Waals surface area (Å²) in [4.78, 5) is 16.2. The first kappa shape index (κ1) is 16.1. The number of carbonyl (C=O) groups excluding carboxylic acids is 1. The minimum absolute atomic E-state index is 0.268. The summed E-state index contributed by atoms with van der Waals surface area (Å²) in [5.41, 5.74) is 0.826. The highest BCUT2D eigenvalue weighted by molar-refractivity contribution is 7.10. The Morgan fingerprint density at radius 2 is 2.36 bits per heavy atom. The Balaban J connectivity index is 2.04. The average molecular weight is 319 g/mol. The van der Waals surface area contributed by atoms with Crippen molar-refractivity contribution in [3.05, 3.63) is 36.9 Å². The largest absolute Gasteiger partial charge is 0.497 e. The van der Waals surface area contributed by atoms with Gasteiger partial charge in [0.15, 0.2) is 5.82 Å². The van der Waals surface area contributed by atoms with Crippen LogP contribution in [0.5, 0.6) is 5.75 Å². The van der Waals surface area contributed by atoms with E-state index in [0.29, 0.717) is 17.6 Å². The predicted octanol–water partition coefficient (Wildman–Crippen LogP) is 2.74.